The third-order valence-electron chi connectivity index (χ3n) is 2.81. The molecule has 0 aliphatic carbocycles. The molecule has 0 aliphatic heterocycles. The van der Waals surface area contributed by atoms with Crippen LogP contribution in [0.25, 0.3) is 10.9 Å². The van der Waals surface area contributed by atoms with Crippen molar-refractivity contribution in [1.29, 1.82) is 0 Å². The highest BCUT2D eigenvalue weighted by molar-refractivity contribution is 7.79. The second kappa shape index (κ2) is 6.09. The average molecular weight is 353 g/mol. The van der Waals surface area contributed by atoms with Crippen LogP contribution in [0.2, 0.25) is 5.02 Å². The van der Waals surface area contributed by atoms with Crippen LogP contribution in [-0.4, -0.2) is 18.2 Å². The predicted octanol–water partition coefficient (Wildman–Crippen LogP) is 4.31. The number of phenols is 1. The topological polar surface area (TPSA) is 98.0 Å². The first-order valence-electron chi connectivity index (χ1n) is 5.93. The standard InChI is InChI=1S/C13H8ClN3O3S2/c14-10-5-7(1-4-12(10)18)15-16-13-9-6-8(22(19)20)2-3-11(9)17-21-13/h1-6,18H,(H,19,20)/p-1. The molecule has 2 aromatic carbocycles. The van der Waals surface area contributed by atoms with Gasteiger partial charge in [0.25, 0.3) is 0 Å². The zero-order chi connectivity index (χ0) is 15.7. The van der Waals surface area contributed by atoms with E-state index in [-0.39, 0.29) is 15.7 Å². The van der Waals surface area contributed by atoms with Gasteiger partial charge in [0.2, 0.25) is 0 Å². The minimum Gasteiger partial charge on any atom is -0.768 e. The third-order valence-corrected chi connectivity index (χ3v) is 4.51. The molecule has 0 amide bonds. The maximum atomic E-state index is 11.0. The Hall–Kier alpha value is -1.87. The Bertz CT molecular complexity index is 911. The lowest BCUT2D eigenvalue weighted by molar-refractivity contribution is 0.475. The molecule has 1 N–H and O–H groups in total. The molecule has 0 radical (unpaired) electrons. The highest BCUT2D eigenvalue weighted by atomic mass is 35.5. The molecule has 0 spiro atoms. The van der Waals surface area contributed by atoms with Crippen LogP contribution in [0.5, 0.6) is 5.75 Å². The number of fused-ring (bicyclic) bond motifs is 1. The summed E-state index contributed by atoms with van der Waals surface area (Å²) in [6, 6.07) is 9.05. The number of halogens is 1. The van der Waals surface area contributed by atoms with E-state index in [9.17, 15) is 13.9 Å². The molecular weight excluding hydrogens is 346 g/mol. The van der Waals surface area contributed by atoms with E-state index in [1.807, 2.05) is 0 Å². The normalized spacial score (nSPS) is 13.0. The summed E-state index contributed by atoms with van der Waals surface area (Å²) in [5.74, 6) is -0.0357. The van der Waals surface area contributed by atoms with E-state index in [0.29, 0.717) is 21.6 Å². The van der Waals surface area contributed by atoms with Crippen molar-refractivity contribution in [1.82, 2.24) is 4.37 Å². The number of phenolic OH excluding ortho intramolecular Hbond substituents is 1. The van der Waals surface area contributed by atoms with Crippen LogP contribution in [0.3, 0.4) is 0 Å². The molecule has 112 valence electrons. The molecule has 0 aliphatic rings. The number of hydrogen-bond acceptors (Lipinski definition) is 7. The number of hydrogen-bond donors (Lipinski definition) is 1. The number of aromatic nitrogens is 1. The lowest BCUT2D eigenvalue weighted by atomic mass is 10.2. The van der Waals surface area contributed by atoms with Crippen molar-refractivity contribution in [3.63, 3.8) is 0 Å². The Morgan fingerprint density at radius 1 is 1.23 bits per heavy atom. The molecule has 0 fully saturated rings. The first kappa shape index (κ1) is 15.0. The minimum absolute atomic E-state index is 0.0357. The summed E-state index contributed by atoms with van der Waals surface area (Å²) in [7, 11) is 0. The van der Waals surface area contributed by atoms with Gasteiger partial charge in [-0.05, 0) is 59.0 Å². The fourth-order valence-corrected chi connectivity index (χ4v) is 3.00. The summed E-state index contributed by atoms with van der Waals surface area (Å²) in [6.07, 6.45) is 0. The molecule has 1 heterocycles. The van der Waals surface area contributed by atoms with Crippen LogP contribution < -0.4 is 0 Å². The molecule has 0 saturated carbocycles. The Morgan fingerprint density at radius 2 is 2.05 bits per heavy atom. The Morgan fingerprint density at radius 3 is 2.77 bits per heavy atom. The van der Waals surface area contributed by atoms with Gasteiger partial charge in [-0.2, -0.15) is 4.37 Å². The smallest absolute Gasteiger partial charge is 0.166 e. The number of azo groups is 1. The van der Waals surface area contributed by atoms with Gasteiger partial charge in [0.15, 0.2) is 5.00 Å². The van der Waals surface area contributed by atoms with E-state index in [1.54, 1.807) is 12.1 Å². The second-order valence-corrected chi connectivity index (χ2v) is 6.34. The van der Waals surface area contributed by atoms with Gasteiger partial charge < -0.3 is 9.66 Å². The van der Waals surface area contributed by atoms with Gasteiger partial charge in [-0.25, -0.2) is 0 Å². The van der Waals surface area contributed by atoms with Gasteiger partial charge in [-0.1, -0.05) is 11.6 Å². The van der Waals surface area contributed by atoms with E-state index < -0.39 is 11.1 Å². The molecule has 0 bridgehead atoms. The number of nitrogens with zero attached hydrogens (tertiary/aromatic N) is 3. The van der Waals surface area contributed by atoms with E-state index in [1.165, 1.54) is 24.3 Å². The van der Waals surface area contributed by atoms with Crippen molar-refractivity contribution in [3.05, 3.63) is 41.4 Å². The number of rotatable bonds is 3. The van der Waals surface area contributed by atoms with Crippen molar-refractivity contribution < 1.29 is 13.9 Å². The molecule has 1 unspecified atom stereocenters. The largest absolute Gasteiger partial charge is 0.768 e. The fraction of sp³-hybridized carbons (Fsp3) is 0. The molecule has 3 aromatic rings. The molecule has 9 heteroatoms. The van der Waals surface area contributed by atoms with E-state index in [0.717, 1.165) is 11.5 Å². The molecule has 3 rings (SSSR count). The SMILES string of the molecule is O=S([O-])c1ccc2nsc(N=Nc3ccc(O)c(Cl)c3)c2c1. The van der Waals surface area contributed by atoms with Crippen LogP contribution >= 0.6 is 23.1 Å². The lowest BCUT2D eigenvalue weighted by Gasteiger charge is -2.03. The summed E-state index contributed by atoms with van der Waals surface area (Å²) < 4.78 is 26.2. The van der Waals surface area contributed by atoms with Gasteiger partial charge in [-0.3, -0.25) is 4.21 Å². The second-order valence-electron chi connectivity index (χ2n) is 4.24. The Labute approximate surface area is 136 Å². The summed E-state index contributed by atoms with van der Waals surface area (Å²) in [5, 5.41) is 18.7. The van der Waals surface area contributed by atoms with E-state index in [4.69, 9.17) is 11.6 Å². The number of aromatic hydroxyl groups is 1. The van der Waals surface area contributed by atoms with Crippen molar-refractivity contribution in [2.45, 2.75) is 4.90 Å². The molecule has 0 saturated heterocycles. The van der Waals surface area contributed by atoms with Gasteiger partial charge in [0.1, 0.15) is 5.75 Å². The monoisotopic (exact) mass is 352 g/mol. The molecule has 1 aromatic heterocycles. The van der Waals surface area contributed by atoms with E-state index >= 15 is 0 Å². The van der Waals surface area contributed by atoms with Crippen LogP contribution in [0.1, 0.15) is 0 Å². The maximum Gasteiger partial charge on any atom is 0.166 e. The van der Waals surface area contributed by atoms with Crippen molar-refractivity contribution in [3.8, 4) is 5.75 Å². The summed E-state index contributed by atoms with van der Waals surface area (Å²) in [5.41, 5.74) is 1.12. The highest BCUT2D eigenvalue weighted by Gasteiger charge is 2.07. The first-order valence-corrected chi connectivity index (χ1v) is 8.16. The third kappa shape index (κ3) is 3.00. The van der Waals surface area contributed by atoms with Gasteiger partial charge in [0.05, 0.1) is 16.2 Å². The zero-order valence-corrected chi connectivity index (χ0v) is 13.2. The predicted molar refractivity (Wildman–Crippen MR) is 84.1 cm³/mol. The van der Waals surface area contributed by atoms with Crippen molar-refractivity contribution in [2.75, 3.05) is 0 Å². The molecule has 1 atom stereocenters. The quantitative estimate of drug-likeness (QED) is 0.560. The van der Waals surface area contributed by atoms with Crippen LogP contribution in [0.4, 0.5) is 10.7 Å². The first-order chi connectivity index (χ1) is 10.5. The summed E-state index contributed by atoms with van der Waals surface area (Å²) in [6.45, 7) is 0. The van der Waals surface area contributed by atoms with E-state index in [2.05, 4.69) is 14.6 Å². The number of benzene rings is 2. The highest BCUT2D eigenvalue weighted by Crippen LogP contribution is 2.34. The molecular formula is C13H7ClN3O3S2-. The Balaban J connectivity index is 1.99. The van der Waals surface area contributed by atoms with Gasteiger partial charge >= 0.3 is 0 Å². The van der Waals surface area contributed by atoms with Crippen molar-refractivity contribution >= 4 is 55.8 Å². The average Bonchev–Trinajstić information content (AvgIpc) is 2.90. The zero-order valence-electron chi connectivity index (χ0n) is 10.8. The van der Waals surface area contributed by atoms with Gasteiger partial charge in [-0.15, -0.1) is 10.2 Å². The van der Waals surface area contributed by atoms with Crippen LogP contribution in [0.15, 0.2) is 51.5 Å². The fourth-order valence-electron chi connectivity index (χ4n) is 1.74. The lowest BCUT2D eigenvalue weighted by Crippen LogP contribution is -1.87. The van der Waals surface area contributed by atoms with Crippen LogP contribution in [-0.2, 0) is 11.1 Å². The van der Waals surface area contributed by atoms with Crippen LogP contribution in [0, 0.1) is 0 Å². The van der Waals surface area contributed by atoms with Crippen molar-refractivity contribution in [2.24, 2.45) is 10.2 Å². The summed E-state index contributed by atoms with van der Waals surface area (Å²) in [4.78, 5) is 0.164. The molecule has 22 heavy (non-hydrogen) atoms. The minimum atomic E-state index is -2.31. The van der Waals surface area contributed by atoms with Gasteiger partial charge in [0, 0.05) is 10.3 Å². The Kier molecular flexibility index (Phi) is 4.16. The molecule has 6 nitrogen and oxygen atoms in total. The maximum absolute atomic E-state index is 11.0. The summed E-state index contributed by atoms with van der Waals surface area (Å²) >= 11 is 4.60.